The number of nitriles is 1. The molecule has 1 aromatic rings. The summed E-state index contributed by atoms with van der Waals surface area (Å²) in [5.41, 5.74) is 0.582. The van der Waals surface area contributed by atoms with Crippen molar-refractivity contribution in [3.05, 3.63) is 23.9 Å². The van der Waals surface area contributed by atoms with E-state index in [0.29, 0.717) is 37.0 Å². The van der Waals surface area contributed by atoms with Crippen LogP contribution in [0.2, 0.25) is 0 Å². The van der Waals surface area contributed by atoms with E-state index in [4.69, 9.17) is 4.74 Å². The zero-order valence-electron chi connectivity index (χ0n) is 14.1. The molecule has 1 unspecified atom stereocenters. The van der Waals surface area contributed by atoms with Crippen LogP contribution < -0.4 is 4.90 Å². The third-order valence-corrected chi connectivity index (χ3v) is 4.64. The summed E-state index contributed by atoms with van der Waals surface area (Å²) in [4.78, 5) is 20.9. The van der Waals surface area contributed by atoms with Crippen LogP contribution in [0.5, 0.6) is 0 Å². The molecule has 0 radical (unpaired) electrons. The first-order chi connectivity index (χ1) is 11.7. The summed E-state index contributed by atoms with van der Waals surface area (Å²) in [6.45, 7) is 5.39. The Balaban J connectivity index is 1.58. The second kappa shape index (κ2) is 7.63. The zero-order chi connectivity index (χ0) is 16.9. The Hall–Kier alpha value is -2.13. The average Bonchev–Trinajstić information content (AvgIpc) is 3.45. The lowest BCUT2D eigenvalue weighted by molar-refractivity contribution is -0.142. The maximum absolute atomic E-state index is 12.6. The minimum Gasteiger partial charge on any atom is -0.368 e. The standard InChI is InChI=1S/C18H24N4O2/c1-14(24-13-15-5-6-15)18(23)22-9-3-8-21(10-11-22)17-16(12-19)4-2-7-20-17/h2,4,7,14-15H,3,5-6,8-11,13H2,1H3. The van der Waals surface area contributed by atoms with Gasteiger partial charge in [0.15, 0.2) is 0 Å². The van der Waals surface area contributed by atoms with Gasteiger partial charge in [-0.2, -0.15) is 5.26 Å². The van der Waals surface area contributed by atoms with Crippen LogP contribution in [0.3, 0.4) is 0 Å². The van der Waals surface area contributed by atoms with Crippen LogP contribution in [0, 0.1) is 17.2 Å². The predicted molar refractivity (Wildman–Crippen MR) is 90.5 cm³/mol. The monoisotopic (exact) mass is 328 g/mol. The molecule has 1 saturated heterocycles. The third-order valence-electron chi connectivity index (χ3n) is 4.64. The van der Waals surface area contributed by atoms with Gasteiger partial charge in [0.2, 0.25) is 0 Å². The summed E-state index contributed by atoms with van der Waals surface area (Å²) in [5.74, 6) is 1.44. The number of rotatable bonds is 5. The number of pyridine rings is 1. The molecule has 2 heterocycles. The Bertz CT molecular complexity index is 624. The Morgan fingerprint density at radius 1 is 1.42 bits per heavy atom. The van der Waals surface area contributed by atoms with Crippen LogP contribution in [0.4, 0.5) is 5.82 Å². The highest BCUT2D eigenvalue weighted by Gasteiger charge is 2.27. The van der Waals surface area contributed by atoms with Crippen LogP contribution in [0.25, 0.3) is 0 Å². The van der Waals surface area contributed by atoms with Gasteiger partial charge in [-0.15, -0.1) is 0 Å². The van der Waals surface area contributed by atoms with Crippen LogP contribution in [0.15, 0.2) is 18.3 Å². The number of amides is 1. The van der Waals surface area contributed by atoms with E-state index in [1.807, 2.05) is 11.8 Å². The molecule has 1 atom stereocenters. The van der Waals surface area contributed by atoms with Crippen molar-refractivity contribution in [2.24, 2.45) is 5.92 Å². The number of carbonyl (C=O) groups excluding carboxylic acids is 1. The van der Waals surface area contributed by atoms with Crippen LogP contribution in [-0.4, -0.2) is 54.7 Å². The van der Waals surface area contributed by atoms with E-state index in [0.717, 1.165) is 19.5 Å². The second-order valence-electron chi connectivity index (χ2n) is 6.57. The molecule has 1 aromatic heterocycles. The molecular weight excluding hydrogens is 304 g/mol. The van der Waals surface area contributed by atoms with Gasteiger partial charge in [0, 0.05) is 32.4 Å². The van der Waals surface area contributed by atoms with Crippen molar-refractivity contribution in [3.63, 3.8) is 0 Å². The predicted octanol–water partition coefficient (Wildman–Crippen LogP) is 1.81. The van der Waals surface area contributed by atoms with Gasteiger partial charge in [-0.05, 0) is 44.2 Å². The summed E-state index contributed by atoms with van der Waals surface area (Å²) in [6, 6.07) is 5.75. The largest absolute Gasteiger partial charge is 0.368 e. The molecule has 1 amide bonds. The maximum atomic E-state index is 12.6. The molecule has 2 fully saturated rings. The van der Waals surface area contributed by atoms with E-state index in [1.54, 1.807) is 18.3 Å². The van der Waals surface area contributed by atoms with Gasteiger partial charge >= 0.3 is 0 Å². The van der Waals surface area contributed by atoms with Crippen molar-refractivity contribution in [1.82, 2.24) is 9.88 Å². The summed E-state index contributed by atoms with van der Waals surface area (Å²) in [6.07, 6.45) is 4.65. The average molecular weight is 328 g/mol. The van der Waals surface area contributed by atoms with Crippen molar-refractivity contribution in [3.8, 4) is 6.07 Å². The number of hydrogen-bond acceptors (Lipinski definition) is 5. The molecule has 3 rings (SSSR count). The number of ether oxygens (including phenoxy) is 1. The van der Waals surface area contributed by atoms with Gasteiger partial charge in [-0.1, -0.05) is 0 Å². The SMILES string of the molecule is CC(OCC1CC1)C(=O)N1CCCN(c2ncccc2C#N)CC1. The fraction of sp³-hybridized carbons (Fsp3) is 0.611. The second-order valence-corrected chi connectivity index (χ2v) is 6.57. The normalized spacial score (nSPS) is 19.5. The van der Waals surface area contributed by atoms with E-state index >= 15 is 0 Å². The summed E-state index contributed by atoms with van der Waals surface area (Å²) < 4.78 is 5.71. The molecule has 0 aromatic carbocycles. The smallest absolute Gasteiger partial charge is 0.251 e. The highest BCUT2D eigenvalue weighted by Crippen LogP contribution is 2.29. The Labute approximate surface area is 143 Å². The Morgan fingerprint density at radius 2 is 2.25 bits per heavy atom. The van der Waals surface area contributed by atoms with Crippen LogP contribution in [-0.2, 0) is 9.53 Å². The molecule has 0 N–H and O–H groups in total. The number of carbonyl (C=O) groups is 1. The molecule has 1 aliphatic carbocycles. The fourth-order valence-electron chi connectivity index (χ4n) is 2.98. The molecule has 6 nitrogen and oxygen atoms in total. The lowest BCUT2D eigenvalue weighted by Crippen LogP contribution is -2.41. The zero-order valence-corrected chi connectivity index (χ0v) is 14.1. The number of nitrogens with zero attached hydrogens (tertiary/aromatic N) is 4. The lowest BCUT2D eigenvalue weighted by Gasteiger charge is -2.25. The molecule has 128 valence electrons. The molecule has 2 aliphatic rings. The number of anilines is 1. The topological polar surface area (TPSA) is 69.5 Å². The molecule has 24 heavy (non-hydrogen) atoms. The summed E-state index contributed by atoms with van der Waals surface area (Å²) >= 11 is 0. The van der Waals surface area contributed by atoms with Gasteiger partial charge in [-0.25, -0.2) is 4.98 Å². The van der Waals surface area contributed by atoms with E-state index < -0.39 is 0 Å². The highest BCUT2D eigenvalue weighted by atomic mass is 16.5. The van der Waals surface area contributed by atoms with E-state index in [2.05, 4.69) is 16.0 Å². The Kier molecular flexibility index (Phi) is 5.31. The molecule has 6 heteroatoms. The quantitative estimate of drug-likeness (QED) is 0.824. The number of hydrogen-bond donors (Lipinski definition) is 0. The van der Waals surface area contributed by atoms with Crippen molar-refractivity contribution >= 4 is 11.7 Å². The van der Waals surface area contributed by atoms with Gasteiger partial charge in [0.1, 0.15) is 18.0 Å². The maximum Gasteiger partial charge on any atom is 0.251 e. The van der Waals surface area contributed by atoms with Crippen molar-refractivity contribution in [2.75, 3.05) is 37.7 Å². The summed E-state index contributed by atoms with van der Waals surface area (Å²) in [5, 5.41) is 9.24. The molecule has 1 aliphatic heterocycles. The van der Waals surface area contributed by atoms with Crippen molar-refractivity contribution in [1.29, 1.82) is 5.26 Å². The lowest BCUT2D eigenvalue weighted by atomic mass is 10.2. The van der Waals surface area contributed by atoms with Gasteiger partial charge in [-0.3, -0.25) is 4.79 Å². The summed E-state index contributed by atoms with van der Waals surface area (Å²) in [7, 11) is 0. The van der Waals surface area contributed by atoms with Crippen LogP contribution in [0.1, 0.15) is 31.7 Å². The molecule has 0 bridgehead atoms. The van der Waals surface area contributed by atoms with Crippen molar-refractivity contribution in [2.45, 2.75) is 32.3 Å². The van der Waals surface area contributed by atoms with E-state index in [-0.39, 0.29) is 12.0 Å². The van der Waals surface area contributed by atoms with E-state index in [1.165, 1.54) is 12.8 Å². The molecular formula is C18H24N4O2. The minimum absolute atomic E-state index is 0.0685. The van der Waals surface area contributed by atoms with Crippen LogP contribution >= 0.6 is 0 Å². The van der Waals surface area contributed by atoms with Gasteiger partial charge in [0.25, 0.3) is 5.91 Å². The first-order valence-corrected chi connectivity index (χ1v) is 8.69. The Morgan fingerprint density at radius 3 is 3.00 bits per heavy atom. The van der Waals surface area contributed by atoms with Gasteiger partial charge in [0.05, 0.1) is 12.2 Å². The van der Waals surface area contributed by atoms with Gasteiger partial charge < -0.3 is 14.5 Å². The van der Waals surface area contributed by atoms with Crippen molar-refractivity contribution < 1.29 is 9.53 Å². The number of aromatic nitrogens is 1. The third kappa shape index (κ3) is 4.04. The molecule has 1 saturated carbocycles. The van der Waals surface area contributed by atoms with E-state index in [9.17, 15) is 10.1 Å². The first-order valence-electron chi connectivity index (χ1n) is 8.69. The molecule has 0 spiro atoms. The highest BCUT2D eigenvalue weighted by molar-refractivity contribution is 5.80. The minimum atomic E-state index is -0.373. The fourth-order valence-corrected chi connectivity index (χ4v) is 2.98. The first kappa shape index (κ1) is 16.7.